The molecule has 1 aromatic rings. The van der Waals surface area contributed by atoms with Gasteiger partial charge in [-0.2, -0.15) is 0 Å². The molecule has 1 aliphatic heterocycles. The predicted octanol–water partition coefficient (Wildman–Crippen LogP) is 1.51. The van der Waals surface area contributed by atoms with Crippen molar-refractivity contribution in [2.75, 3.05) is 31.6 Å². The molecule has 6 heteroatoms. The lowest BCUT2D eigenvalue weighted by atomic mass is 10.2. The predicted molar refractivity (Wildman–Crippen MR) is 80.8 cm³/mol. The number of rotatable bonds is 2. The second kappa shape index (κ2) is 9.28. The van der Waals surface area contributed by atoms with E-state index in [1.807, 2.05) is 12.1 Å². The fraction of sp³-hybridized carbons (Fsp3) is 0.500. The third kappa shape index (κ3) is 4.53. The van der Waals surface area contributed by atoms with Gasteiger partial charge < -0.3 is 20.4 Å². The minimum atomic E-state index is 0. The zero-order valence-electron chi connectivity index (χ0n) is 10.7. The van der Waals surface area contributed by atoms with Crippen LogP contribution in [0.5, 0.6) is 5.75 Å². The lowest BCUT2D eigenvalue weighted by Gasteiger charge is -2.34. The maximum atomic E-state index is 5.37. The molecule has 1 fully saturated rings. The van der Waals surface area contributed by atoms with E-state index in [1.165, 1.54) is 5.69 Å². The minimum absolute atomic E-state index is 0. The van der Waals surface area contributed by atoms with Gasteiger partial charge in [-0.25, -0.2) is 0 Å². The van der Waals surface area contributed by atoms with Crippen LogP contribution in [-0.4, -0.2) is 38.3 Å². The molecule has 0 saturated carbocycles. The molecule has 0 bridgehead atoms. The van der Waals surface area contributed by atoms with Gasteiger partial charge in [-0.05, 0) is 19.1 Å². The van der Waals surface area contributed by atoms with Crippen LogP contribution in [0, 0.1) is 0 Å². The summed E-state index contributed by atoms with van der Waals surface area (Å²) in [5.41, 5.74) is 1.20. The van der Waals surface area contributed by atoms with Crippen LogP contribution in [0.3, 0.4) is 0 Å². The largest absolute Gasteiger partial charge is 0.495 e. The molecule has 0 spiro atoms. The van der Waals surface area contributed by atoms with Crippen LogP contribution in [-0.2, 0) is 0 Å². The summed E-state index contributed by atoms with van der Waals surface area (Å²) in [5.74, 6) is 0.964. The highest BCUT2D eigenvalue weighted by Gasteiger charge is 2.18. The summed E-state index contributed by atoms with van der Waals surface area (Å²) in [5, 5.41) is 3.44. The van der Waals surface area contributed by atoms with Gasteiger partial charge in [0, 0.05) is 25.7 Å². The van der Waals surface area contributed by atoms with Crippen molar-refractivity contribution < 1.29 is 10.2 Å². The fourth-order valence-corrected chi connectivity index (χ4v) is 2.04. The Kier molecular flexibility index (Phi) is 10.1. The number of para-hydroxylation sites is 2. The van der Waals surface area contributed by atoms with E-state index < -0.39 is 0 Å². The molecule has 1 heterocycles. The van der Waals surface area contributed by atoms with Gasteiger partial charge >= 0.3 is 0 Å². The quantitative estimate of drug-likeness (QED) is 0.900. The number of methoxy groups -OCH3 is 1. The summed E-state index contributed by atoms with van der Waals surface area (Å²) in [4.78, 5) is 2.38. The van der Waals surface area contributed by atoms with E-state index in [-0.39, 0.29) is 30.3 Å². The molecule has 0 amide bonds. The molecule has 1 atom stereocenters. The monoisotopic (exact) mass is 296 g/mol. The van der Waals surface area contributed by atoms with E-state index in [0.29, 0.717) is 6.04 Å². The number of ether oxygens (including phenoxy) is 1. The normalized spacial score (nSPS) is 17.9. The number of hydrogen-bond donors (Lipinski definition) is 1. The molecular weight excluding hydrogens is 275 g/mol. The third-order valence-corrected chi connectivity index (χ3v) is 2.79. The lowest BCUT2D eigenvalue weighted by molar-refractivity contribution is 0.410. The van der Waals surface area contributed by atoms with Crippen molar-refractivity contribution in [1.82, 2.24) is 5.32 Å². The summed E-state index contributed by atoms with van der Waals surface area (Å²) in [6, 6.07) is 8.75. The van der Waals surface area contributed by atoms with Gasteiger partial charge in [0.15, 0.2) is 0 Å². The molecule has 0 aliphatic carbocycles. The fourth-order valence-electron chi connectivity index (χ4n) is 2.04. The first-order valence-corrected chi connectivity index (χ1v) is 5.42. The molecule has 1 saturated heterocycles. The van der Waals surface area contributed by atoms with Crippen molar-refractivity contribution in [3.05, 3.63) is 24.3 Å². The van der Waals surface area contributed by atoms with Crippen LogP contribution in [0.1, 0.15) is 6.92 Å². The Morgan fingerprint density at radius 2 is 1.94 bits per heavy atom. The number of halogens is 2. The Labute approximate surface area is 121 Å². The van der Waals surface area contributed by atoms with Crippen molar-refractivity contribution in [3.63, 3.8) is 0 Å². The summed E-state index contributed by atoms with van der Waals surface area (Å²) in [6.45, 7) is 5.34. The molecule has 3 N–H and O–H groups in total. The van der Waals surface area contributed by atoms with Crippen molar-refractivity contribution >= 4 is 30.5 Å². The summed E-state index contributed by atoms with van der Waals surface area (Å²) >= 11 is 0. The maximum Gasteiger partial charge on any atom is 0.142 e. The van der Waals surface area contributed by atoms with Gasteiger partial charge in [-0.1, -0.05) is 12.1 Å². The molecule has 106 valence electrons. The highest BCUT2D eigenvalue weighted by Crippen LogP contribution is 2.28. The van der Waals surface area contributed by atoms with Crippen molar-refractivity contribution in [2.45, 2.75) is 13.0 Å². The van der Waals surface area contributed by atoms with Crippen LogP contribution in [0.2, 0.25) is 0 Å². The summed E-state index contributed by atoms with van der Waals surface area (Å²) < 4.78 is 5.37. The number of hydrogen-bond acceptors (Lipinski definition) is 3. The van der Waals surface area contributed by atoms with Crippen LogP contribution >= 0.6 is 24.8 Å². The Morgan fingerprint density at radius 3 is 2.56 bits per heavy atom. The van der Waals surface area contributed by atoms with E-state index in [1.54, 1.807) is 7.11 Å². The first-order valence-electron chi connectivity index (χ1n) is 5.42. The zero-order valence-corrected chi connectivity index (χ0v) is 12.3. The summed E-state index contributed by atoms with van der Waals surface area (Å²) in [7, 11) is 1.73. The van der Waals surface area contributed by atoms with Gasteiger partial charge in [0.05, 0.1) is 12.8 Å². The number of piperazine rings is 1. The Balaban J connectivity index is 0. The third-order valence-electron chi connectivity index (χ3n) is 2.79. The van der Waals surface area contributed by atoms with E-state index in [0.717, 1.165) is 25.4 Å². The second-order valence-corrected chi connectivity index (χ2v) is 3.97. The molecule has 1 unspecified atom stereocenters. The average molecular weight is 297 g/mol. The van der Waals surface area contributed by atoms with Crippen molar-refractivity contribution in [3.8, 4) is 5.75 Å². The SMILES string of the molecule is COc1ccccc1N1CCNC(C)C1.Cl.Cl.O. The highest BCUT2D eigenvalue weighted by atomic mass is 35.5. The van der Waals surface area contributed by atoms with Crippen molar-refractivity contribution in [1.29, 1.82) is 0 Å². The Bertz CT molecular complexity index is 340. The summed E-state index contributed by atoms with van der Waals surface area (Å²) in [6.07, 6.45) is 0. The smallest absolute Gasteiger partial charge is 0.142 e. The number of nitrogens with one attached hydrogen (secondary N) is 1. The number of nitrogens with zero attached hydrogens (tertiary/aromatic N) is 1. The molecular formula is C12H22Cl2N2O2. The van der Waals surface area contributed by atoms with Gasteiger partial charge in [0.25, 0.3) is 0 Å². The standard InChI is InChI=1S/C12H18N2O.2ClH.H2O/c1-10-9-14(8-7-13-10)11-5-3-4-6-12(11)15-2;;;/h3-6,10,13H,7-9H2,1-2H3;2*1H;1H2. The Hall–Kier alpha value is -0.680. The highest BCUT2D eigenvalue weighted by molar-refractivity contribution is 5.85. The first-order chi connectivity index (χ1) is 7.31. The molecule has 1 aromatic carbocycles. The van der Waals surface area contributed by atoms with Gasteiger partial charge in [-0.15, -0.1) is 24.8 Å². The van der Waals surface area contributed by atoms with Crippen LogP contribution in [0.25, 0.3) is 0 Å². The van der Waals surface area contributed by atoms with E-state index in [2.05, 4.69) is 29.3 Å². The van der Waals surface area contributed by atoms with Crippen molar-refractivity contribution in [2.24, 2.45) is 0 Å². The molecule has 1 aliphatic rings. The zero-order chi connectivity index (χ0) is 10.7. The van der Waals surface area contributed by atoms with E-state index in [9.17, 15) is 0 Å². The maximum absolute atomic E-state index is 5.37. The van der Waals surface area contributed by atoms with E-state index >= 15 is 0 Å². The van der Waals surface area contributed by atoms with Gasteiger partial charge in [0.1, 0.15) is 5.75 Å². The number of benzene rings is 1. The van der Waals surface area contributed by atoms with Crippen LogP contribution in [0.4, 0.5) is 5.69 Å². The second-order valence-electron chi connectivity index (χ2n) is 3.97. The molecule has 0 aromatic heterocycles. The van der Waals surface area contributed by atoms with Crippen LogP contribution < -0.4 is 15.0 Å². The molecule has 2 rings (SSSR count). The topological polar surface area (TPSA) is 56.0 Å². The molecule has 0 radical (unpaired) electrons. The minimum Gasteiger partial charge on any atom is -0.495 e. The van der Waals surface area contributed by atoms with Crippen LogP contribution in [0.15, 0.2) is 24.3 Å². The first kappa shape index (κ1) is 19.7. The molecule has 4 nitrogen and oxygen atoms in total. The van der Waals surface area contributed by atoms with Gasteiger partial charge in [0.2, 0.25) is 0 Å². The van der Waals surface area contributed by atoms with Gasteiger partial charge in [-0.3, -0.25) is 0 Å². The van der Waals surface area contributed by atoms with E-state index in [4.69, 9.17) is 4.74 Å². The molecule has 18 heavy (non-hydrogen) atoms. The average Bonchev–Trinajstić information content (AvgIpc) is 2.29. The number of anilines is 1. The lowest BCUT2D eigenvalue weighted by Crippen LogP contribution is -2.49. The Morgan fingerprint density at radius 1 is 1.28 bits per heavy atom.